The summed E-state index contributed by atoms with van der Waals surface area (Å²) in [6, 6.07) is 10.4. The van der Waals surface area contributed by atoms with Crippen molar-refractivity contribution in [3.63, 3.8) is 0 Å². The Hall–Kier alpha value is -1.00. The molecule has 0 aliphatic carbocycles. The largest absolute Gasteiger partial charge is 0.271 e. The Morgan fingerprint density at radius 2 is 2.12 bits per heavy atom. The third kappa shape index (κ3) is 1.95. The summed E-state index contributed by atoms with van der Waals surface area (Å²) in [5.74, 6) is 1.10. The second-order valence-corrected chi connectivity index (χ2v) is 5.75. The van der Waals surface area contributed by atoms with Gasteiger partial charge in [0.05, 0.1) is 6.54 Å². The number of aromatic nitrogens is 1. The Balaban J connectivity index is 2.02. The van der Waals surface area contributed by atoms with Crippen LogP contribution in [0.2, 0.25) is 0 Å². The fraction of sp³-hybridized carbons (Fsp3) is 0.167. The van der Waals surface area contributed by atoms with Crippen LogP contribution in [0.3, 0.4) is 0 Å². The Bertz CT molecular complexity index is 546. The van der Waals surface area contributed by atoms with Gasteiger partial charge in [0, 0.05) is 17.3 Å². The number of hydrogen-bond acceptors (Lipinski definition) is 4. The van der Waals surface area contributed by atoms with E-state index in [1.807, 2.05) is 24.0 Å². The van der Waals surface area contributed by atoms with Crippen molar-refractivity contribution in [1.29, 1.82) is 0 Å². The molecular weight excluding hydrogens is 236 g/mol. The molecule has 0 saturated carbocycles. The van der Waals surface area contributed by atoms with E-state index in [1.165, 1.54) is 10.8 Å². The van der Waals surface area contributed by atoms with Gasteiger partial charge in [-0.05, 0) is 23.2 Å². The van der Waals surface area contributed by atoms with Crippen molar-refractivity contribution >= 4 is 38.7 Å². The smallest absolute Gasteiger partial charge is 0.131 e. The third-order valence-corrected chi connectivity index (χ3v) is 4.57. The van der Waals surface area contributed by atoms with E-state index in [-0.39, 0.29) is 0 Å². The monoisotopic (exact) mass is 246 g/mol. The molecule has 0 unspecified atom stereocenters. The average Bonchev–Trinajstić information content (AvgIpc) is 2.82. The van der Waals surface area contributed by atoms with E-state index in [4.69, 9.17) is 0 Å². The summed E-state index contributed by atoms with van der Waals surface area (Å²) in [4.78, 5) is 8.88. The van der Waals surface area contributed by atoms with Crippen LogP contribution >= 0.6 is 23.5 Å². The van der Waals surface area contributed by atoms with Crippen LogP contribution in [0.15, 0.2) is 46.5 Å². The second kappa shape index (κ2) is 4.47. The van der Waals surface area contributed by atoms with Gasteiger partial charge in [0.1, 0.15) is 9.40 Å². The highest BCUT2D eigenvalue weighted by Gasteiger charge is 2.11. The zero-order valence-electron chi connectivity index (χ0n) is 8.59. The Kier molecular flexibility index (Phi) is 2.84. The van der Waals surface area contributed by atoms with Gasteiger partial charge < -0.3 is 0 Å². The van der Waals surface area contributed by atoms with E-state index in [1.54, 1.807) is 11.8 Å². The van der Waals surface area contributed by atoms with Gasteiger partial charge in [-0.2, -0.15) is 0 Å². The topological polar surface area (TPSA) is 25.2 Å². The van der Waals surface area contributed by atoms with Gasteiger partial charge in [-0.25, -0.2) is 4.98 Å². The number of rotatable bonds is 1. The van der Waals surface area contributed by atoms with E-state index < -0.39 is 0 Å². The molecule has 4 heteroatoms. The number of pyridine rings is 1. The van der Waals surface area contributed by atoms with Crippen LogP contribution in [0, 0.1) is 0 Å². The molecule has 0 spiro atoms. The molecular formula is C12H10N2S2. The van der Waals surface area contributed by atoms with Crippen LogP contribution in [0.4, 0.5) is 0 Å². The van der Waals surface area contributed by atoms with Crippen molar-refractivity contribution in [1.82, 2.24) is 4.98 Å². The molecule has 0 saturated heterocycles. The van der Waals surface area contributed by atoms with Gasteiger partial charge in [0.25, 0.3) is 0 Å². The standard InChI is InChI=1S/C12H10N2S2/c1-2-4-10-9(3-1)5-6-13-11(10)16-12-14-7-8-15-12/h1-6H,7-8H2. The molecule has 0 atom stereocenters. The van der Waals surface area contributed by atoms with Crippen molar-refractivity contribution in [2.45, 2.75) is 5.03 Å². The lowest BCUT2D eigenvalue weighted by Gasteiger charge is -2.03. The summed E-state index contributed by atoms with van der Waals surface area (Å²) in [6.45, 7) is 0.942. The van der Waals surface area contributed by atoms with Crippen LogP contribution in [-0.4, -0.2) is 21.7 Å². The van der Waals surface area contributed by atoms with Crippen molar-refractivity contribution < 1.29 is 0 Å². The fourth-order valence-electron chi connectivity index (χ4n) is 1.63. The second-order valence-electron chi connectivity index (χ2n) is 3.44. The Morgan fingerprint density at radius 1 is 1.19 bits per heavy atom. The van der Waals surface area contributed by atoms with Crippen molar-refractivity contribution in [2.75, 3.05) is 12.3 Å². The summed E-state index contributed by atoms with van der Waals surface area (Å²) in [6.07, 6.45) is 1.87. The molecule has 1 aromatic carbocycles. The van der Waals surface area contributed by atoms with Crippen LogP contribution in [0.5, 0.6) is 0 Å². The van der Waals surface area contributed by atoms with Crippen LogP contribution in [-0.2, 0) is 0 Å². The molecule has 2 nitrogen and oxygen atoms in total. The maximum atomic E-state index is 4.44. The minimum Gasteiger partial charge on any atom is -0.271 e. The maximum Gasteiger partial charge on any atom is 0.131 e. The van der Waals surface area contributed by atoms with E-state index in [0.717, 1.165) is 21.7 Å². The molecule has 1 aromatic heterocycles. The zero-order valence-corrected chi connectivity index (χ0v) is 10.2. The van der Waals surface area contributed by atoms with Gasteiger partial charge in [-0.3, -0.25) is 4.99 Å². The lowest BCUT2D eigenvalue weighted by atomic mass is 10.2. The highest BCUT2D eigenvalue weighted by Crippen LogP contribution is 2.32. The predicted octanol–water partition coefficient (Wildman–Crippen LogP) is 3.43. The van der Waals surface area contributed by atoms with Gasteiger partial charge in [-0.1, -0.05) is 36.0 Å². The highest BCUT2D eigenvalue weighted by atomic mass is 32.2. The molecule has 3 rings (SSSR count). The van der Waals surface area contributed by atoms with E-state index in [0.29, 0.717) is 0 Å². The molecule has 16 heavy (non-hydrogen) atoms. The summed E-state index contributed by atoms with van der Waals surface area (Å²) in [7, 11) is 0. The highest BCUT2D eigenvalue weighted by molar-refractivity contribution is 8.39. The van der Waals surface area contributed by atoms with E-state index >= 15 is 0 Å². The van der Waals surface area contributed by atoms with Crippen LogP contribution < -0.4 is 0 Å². The number of nitrogens with zero attached hydrogens (tertiary/aromatic N) is 2. The lowest BCUT2D eigenvalue weighted by Crippen LogP contribution is -1.86. The number of hydrogen-bond donors (Lipinski definition) is 0. The summed E-state index contributed by atoms with van der Waals surface area (Å²) < 4.78 is 1.14. The quantitative estimate of drug-likeness (QED) is 0.770. The molecule has 0 bridgehead atoms. The maximum absolute atomic E-state index is 4.44. The van der Waals surface area contributed by atoms with Gasteiger partial charge in [-0.15, -0.1) is 0 Å². The fourth-order valence-corrected chi connectivity index (χ4v) is 3.63. The van der Waals surface area contributed by atoms with Gasteiger partial charge in [0.2, 0.25) is 0 Å². The van der Waals surface area contributed by atoms with Gasteiger partial charge >= 0.3 is 0 Å². The Labute approximate surface area is 103 Å². The molecule has 0 fully saturated rings. The molecule has 0 N–H and O–H groups in total. The molecule has 2 heterocycles. The van der Waals surface area contributed by atoms with E-state index in [2.05, 4.69) is 34.2 Å². The third-order valence-electron chi connectivity index (χ3n) is 2.38. The zero-order chi connectivity index (χ0) is 10.8. The first-order valence-corrected chi connectivity index (χ1v) is 6.92. The first-order valence-electron chi connectivity index (χ1n) is 5.12. The summed E-state index contributed by atoms with van der Waals surface area (Å²) in [5.41, 5.74) is 0. The molecule has 80 valence electrons. The molecule has 1 aliphatic heterocycles. The van der Waals surface area contributed by atoms with Crippen molar-refractivity contribution in [3.8, 4) is 0 Å². The molecule has 0 amide bonds. The molecule has 0 radical (unpaired) electrons. The predicted molar refractivity (Wildman–Crippen MR) is 72.4 cm³/mol. The van der Waals surface area contributed by atoms with Crippen molar-refractivity contribution in [2.24, 2.45) is 4.99 Å². The van der Waals surface area contributed by atoms with E-state index in [9.17, 15) is 0 Å². The SMILES string of the molecule is c1ccc2c(SC3=NCCS3)nccc2c1. The minimum atomic E-state index is 0.942. The Morgan fingerprint density at radius 3 is 3.00 bits per heavy atom. The molecule has 2 aromatic rings. The lowest BCUT2D eigenvalue weighted by molar-refractivity contribution is 1.17. The number of aliphatic imine (C=N–C) groups is 1. The number of fused-ring (bicyclic) bond motifs is 1. The first kappa shape index (κ1) is 10.2. The summed E-state index contributed by atoms with van der Waals surface area (Å²) >= 11 is 3.50. The minimum absolute atomic E-state index is 0.942. The summed E-state index contributed by atoms with van der Waals surface area (Å²) in [5, 5.41) is 3.51. The average molecular weight is 246 g/mol. The normalized spacial score (nSPS) is 15.4. The van der Waals surface area contributed by atoms with Crippen LogP contribution in [0.1, 0.15) is 0 Å². The number of benzene rings is 1. The van der Waals surface area contributed by atoms with Crippen molar-refractivity contribution in [3.05, 3.63) is 36.5 Å². The first-order chi connectivity index (χ1) is 7.93. The molecule has 1 aliphatic rings. The van der Waals surface area contributed by atoms with Crippen LogP contribution in [0.25, 0.3) is 10.8 Å². The number of thioether (sulfide) groups is 2. The van der Waals surface area contributed by atoms with Gasteiger partial charge in [0.15, 0.2) is 0 Å².